The van der Waals surface area contributed by atoms with Crippen LogP contribution in [-0.4, -0.2) is 94.6 Å². The molecule has 4 amide bonds. The predicted molar refractivity (Wildman–Crippen MR) is 208 cm³/mol. The van der Waals surface area contributed by atoms with Gasteiger partial charge in [-0.25, -0.2) is 0 Å². The standard InChI is InChI=1S/C44H60N5O4.HI/c1-33(2)39(43(52)46-25-12-13-26-46)48(29-16-22-35-18-8-6-9-19-35)41(50)37-24-31-45(5)38(32-37)42(51)49(30-17-23-36-20-10-7-11-21-36)40(34(3)4)44(53)47-27-14-15-28-47;/h6-11,18-21,24,31-34,39-40H,12-17,22-23,25-30H2,1-5H3;1H/q+1;/p-1/t39-,40-;/m0./s1. The van der Waals surface area contributed by atoms with E-state index in [1.807, 2.05) is 80.9 Å². The van der Waals surface area contributed by atoms with Gasteiger partial charge in [0.15, 0.2) is 6.20 Å². The molecular weight excluding hydrogens is 789 g/mol. The number of aryl methyl sites for hydroxylation is 3. The van der Waals surface area contributed by atoms with Gasteiger partial charge in [0.05, 0.1) is 5.56 Å². The molecule has 0 N–H and O–H groups in total. The quantitative estimate of drug-likeness (QED) is 0.164. The molecule has 0 aliphatic carbocycles. The molecule has 5 rings (SSSR count). The minimum absolute atomic E-state index is 0. The van der Waals surface area contributed by atoms with Crippen LogP contribution in [0.4, 0.5) is 0 Å². The van der Waals surface area contributed by atoms with E-state index in [1.54, 1.807) is 32.7 Å². The van der Waals surface area contributed by atoms with Crippen molar-refractivity contribution in [2.24, 2.45) is 18.9 Å². The third-order valence-corrected chi connectivity index (χ3v) is 10.8. The topological polar surface area (TPSA) is 85.1 Å². The van der Waals surface area contributed by atoms with E-state index in [0.29, 0.717) is 63.4 Å². The van der Waals surface area contributed by atoms with Crippen LogP contribution < -0.4 is 28.5 Å². The molecule has 2 aromatic carbocycles. The van der Waals surface area contributed by atoms with Gasteiger partial charge in [-0.2, -0.15) is 4.57 Å². The van der Waals surface area contributed by atoms with Crippen LogP contribution in [0.2, 0.25) is 0 Å². The van der Waals surface area contributed by atoms with Crippen LogP contribution in [0, 0.1) is 11.8 Å². The minimum Gasteiger partial charge on any atom is -1.00 e. The van der Waals surface area contributed by atoms with E-state index >= 15 is 0 Å². The van der Waals surface area contributed by atoms with E-state index in [-0.39, 0.29) is 59.4 Å². The number of hydrogen-bond acceptors (Lipinski definition) is 4. The summed E-state index contributed by atoms with van der Waals surface area (Å²) < 4.78 is 1.75. The highest BCUT2D eigenvalue weighted by Gasteiger charge is 2.40. The first kappa shape index (κ1) is 42.9. The molecule has 292 valence electrons. The van der Waals surface area contributed by atoms with Crippen LogP contribution >= 0.6 is 0 Å². The summed E-state index contributed by atoms with van der Waals surface area (Å²) in [5.41, 5.74) is 3.07. The fourth-order valence-corrected chi connectivity index (χ4v) is 7.96. The van der Waals surface area contributed by atoms with E-state index < -0.39 is 12.1 Å². The van der Waals surface area contributed by atoms with Gasteiger partial charge in [-0.15, -0.1) is 0 Å². The molecule has 3 aromatic rings. The second kappa shape index (κ2) is 20.8. The number of likely N-dealkylation sites (tertiary alicyclic amines) is 2. The van der Waals surface area contributed by atoms with E-state index in [2.05, 4.69) is 24.3 Å². The Bertz CT molecular complexity index is 1670. The summed E-state index contributed by atoms with van der Waals surface area (Å²) in [5, 5.41) is 0. The van der Waals surface area contributed by atoms with Crippen molar-refractivity contribution in [1.82, 2.24) is 19.6 Å². The van der Waals surface area contributed by atoms with Crippen molar-refractivity contribution in [2.45, 2.75) is 91.1 Å². The first-order valence-corrected chi connectivity index (χ1v) is 19.8. The average molecular weight is 850 g/mol. The molecule has 3 heterocycles. The lowest BCUT2D eigenvalue weighted by Gasteiger charge is -2.36. The maximum atomic E-state index is 14.8. The lowest BCUT2D eigenvalue weighted by molar-refractivity contribution is -0.673. The van der Waals surface area contributed by atoms with Crippen molar-refractivity contribution in [3.8, 4) is 0 Å². The van der Waals surface area contributed by atoms with Crippen molar-refractivity contribution in [3.63, 3.8) is 0 Å². The molecule has 1 aromatic heterocycles. The summed E-state index contributed by atoms with van der Waals surface area (Å²) in [5.74, 6) is -0.761. The van der Waals surface area contributed by atoms with Crippen LogP contribution in [0.15, 0.2) is 79.0 Å². The Morgan fingerprint density at radius 3 is 1.44 bits per heavy atom. The zero-order valence-corrected chi connectivity index (χ0v) is 35.1. The number of benzene rings is 2. The molecule has 0 radical (unpaired) electrons. The first-order chi connectivity index (χ1) is 25.6. The maximum absolute atomic E-state index is 14.8. The highest BCUT2D eigenvalue weighted by molar-refractivity contribution is 6.01. The Labute approximate surface area is 340 Å². The smallest absolute Gasteiger partial charge is 0.319 e. The molecular formula is C44H60IN5O4. The lowest BCUT2D eigenvalue weighted by atomic mass is 9.98. The van der Waals surface area contributed by atoms with E-state index in [1.165, 1.54) is 11.1 Å². The van der Waals surface area contributed by atoms with Crippen molar-refractivity contribution in [1.29, 1.82) is 0 Å². The molecule has 0 bridgehead atoms. The number of carbonyl (C=O) groups is 4. The molecule has 2 aliphatic rings. The van der Waals surface area contributed by atoms with Gasteiger partial charge in [-0.1, -0.05) is 88.4 Å². The van der Waals surface area contributed by atoms with Crippen LogP contribution in [0.3, 0.4) is 0 Å². The van der Waals surface area contributed by atoms with Crippen LogP contribution in [-0.2, 0) is 29.5 Å². The van der Waals surface area contributed by atoms with Crippen LogP contribution in [0.25, 0.3) is 0 Å². The summed E-state index contributed by atoms with van der Waals surface area (Å²) in [7, 11) is 1.81. The first-order valence-electron chi connectivity index (χ1n) is 19.8. The molecule has 10 heteroatoms. The van der Waals surface area contributed by atoms with Crippen molar-refractivity contribution < 1.29 is 47.7 Å². The number of hydrogen-bond donors (Lipinski definition) is 0. The summed E-state index contributed by atoms with van der Waals surface area (Å²) in [6, 6.07) is 22.6. The summed E-state index contributed by atoms with van der Waals surface area (Å²) in [6.45, 7) is 11.7. The summed E-state index contributed by atoms with van der Waals surface area (Å²) >= 11 is 0. The second-order valence-electron chi connectivity index (χ2n) is 15.5. The van der Waals surface area contributed by atoms with Gasteiger partial charge in [-0.3, -0.25) is 19.2 Å². The Kier molecular flexibility index (Phi) is 16.5. The Morgan fingerprint density at radius 1 is 0.630 bits per heavy atom. The van der Waals surface area contributed by atoms with Gasteiger partial charge in [0.25, 0.3) is 11.6 Å². The third-order valence-electron chi connectivity index (χ3n) is 10.8. The van der Waals surface area contributed by atoms with Gasteiger partial charge < -0.3 is 43.6 Å². The molecule has 54 heavy (non-hydrogen) atoms. The van der Waals surface area contributed by atoms with Crippen molar-refractivity contribution in [3.05, 3.63) is 101 Å². The molecule has 0 saturated carbocycles. The van der Waals surface area contributed by atoms with Crippen molar-refractivity contribution in [2.75, 3.05) is 39.3 Å². The summed E-state index contributed by atoms with van der Waals surface area (Å²) in [6.07, 6.45) is 8.58. The number of aromatic nitrogens is 1. The normalized spacial score (nSPS) is 15.2. The number of pyridine rings is 1. The molecule has 0 unspecified atom stereocenters. The fraction of sp³-hybridized carbons (Fsp3) is 0.523. The Morgan fingerprint density at radius 2 is 1.04 bits per heavy atom. The van der Waals surface area contributed by atoms with E-state index in [0.717, 1.165) is 38.5 Å². The number of carbonyl (C=O) groups excluding carboxylic acids is 4. The van der Waals surface area contributed by atoms with E-state index in [9.17, 15) is 19.2 Å². The molecule has 2 aliphatic heterocycles. The van der Waals surface area contributed by atoms with Crippen LogP contribution in [0.1, 0.15) is 98.2 Å². The minimum atomic E-state index is -0.631. The Balaban J connectivity index is 0.00000650. The second-order valence-corrected chi connectivity index (χ2v) is 15.5. The molecule has 2 saturated heterocycles. The highest BCUT2D eigenvalue weighted by atomic mass is 127. The SMILES string of the molecule is CC(C)[C@@H](C(=O)N1CCCC1)N(CCCc1ccccc1)C(=O)c1cc[n+](C)c(C(=O)N(CCCc2ccccc2)[C@H](C(=O)N2CCCC2)C(C)C)c1.[I-]. The molecule has 2 atom stereocenters. The zero-order valence-electron chi connectivity index (χ0n) is 33.0. The number of amides is 4. The van der Waals surface area contributed by atoms with Gasteiger partial charge in [-0.05, 0) is 74.3 Å². The van der Waals surface area contributed by atoms with Gasteiger partial charge in [0, 0.05) is 51.4 Å². The number of nitrogens with zero attached hydrogens (tertiary/aromatic N) is 5. The predicted octanol–water partition coefficient (Wildman–Crippen LogP) is 2.96. The monoisotopic (exact) mass is 849 g/mol. The number of halogens is 1. The maximum Gasteiger partial charge on any atom is 0.319 e. The van der Waals surface area contributed by atoms with Gasteiger partial charge >= 0.3 is 5.91 Å². The van der Waals surface area contributed by atoms with E-state index in [4.69, 9.17) is 0 Å². The average Bonchev–Trinajstić information content (AvgIpc) is 3.90. The highest BCUT2D eigenvalue weighted by Crippen LogP contribution is 2.24. The Hall–Kier alpha value is -3.80. The van der Waals surface area contributed by atoms with Gasteiger partial charge in [0.1, 0.15) is 19.1 Å². The summed E-state index contributed by atoms with van der Waals surface area (Å²) in [4.78, 5) is 65.0. The molecule has 9 nitrogen and oxygen atoms in total. The van der Waals surface area contributed by atoms with Gasteiger partial charge in [0.2, 0.25) is 11.8 Å². The van der Waals surface area contributed by atoms with Crippen molar-refractivity contribution >= 4 is 23.6 Å². The molecule has 0 spiro atoms. The number of rotatable bonds is 16. The lowest BCUT2D eigenvalue weighted by Crippen LogP contribution is -3.00. The largest absolute Gasteiger partial charge is 1.00 e. The third kappa shape index (κ3) is 10.9. The molecule has 2 fully saturated rings. The van der Waals surface area contributed by atoms with Crippen LogP contribution in [0.5, 0.6) is 0 Å². The zero-order chi connectivity index (χ0) is 37.9. The fourth-order valence-electron chi connectivity index (χ4n) is 7.96.